The molecule has 2 heteroatoms. The first-order chi connectivity index (χ1) is 10.1. The fourth-order valence-electron chi connectivity index (χ4n) is 3.25. The van der Waals surface area contributed by atoms with Gasteiger partial charge < -0.3 is 5.32 Å². The molecule has 3 rings (SSSR count). The zero-order valence-electron chi connectivity index (χ0n) is 12.6. The summed E-state index contributed by atoms with van der Waals surface area (Å²) in [6.07, 6.45) is 2.48. The minimum atomic E-state index is 0.380. The molecule has 0 amide bonds. The quantitative estimate of drug-likeness (QED) is 0.813. The van der Waals surface area contributed by atoms with Gasteiger partial charge in [0.1, 0.15) is 0 Å². The zero-order chi connectivity index (χ0) is 14.8. The predicted molar refractivity (Wildman–Crippen MR) is 89.9 cm³/mol. The molecule has 0 aliphatic heterocycles. The van der Waals surface area contributed by atoms with Crippen LogP contribution in [0.4, 0.5) is 0 Å². The van der Waals surface area contributed by atoms with Gasteiger partial charge in [-0.3, -0.25) is 0 Å². The molecule has 0 radical (unpaired) electrons. The smallest absolute Gasteiger partial charge is 0.0406 e. The Bertz CT molecular complexity index is 599. The molecule has 21 heavy (non-hydrogen) atoms. The Kier molecular flexibility index (Phi) is 4.32. The van der Waals surface area contributed by atoms with Crippen molar-refractivity contribution in [3.8, 4) is 0 Å². The van der Waals surface area contributed by atoms with Gasteiger partial charge in [0.15, 0.2) is 0 Å². The summed E-state index contributed by atoms with van der Waals surface area (Å²) >= 11 is 5.94. The molecule has 2 aromatic carbocycles. The largest absolute Gasteiger partial charge is 0.307 e. The maximum atomic E-state index is 5.94. The zero-order valence-corrected chi connectivity index (χ0v) is 13.4. The van der Waals surface area contributed by atoms with Crippen LogP contribution in [0.2, 0.25) is 5.02 Å². The van der Waals surface area contributed by atoms with Crippen LogP contribution in [0, 0.1) is 6.92 Å². The van der Waals surface area contributed by atoms with Gasteiger partial charge in [-0.1, -0.05) is 48.0 Å². The molecular weight excluding hydrogens is 278 g/mol. The van der Waals surface area contributed by atoms with E-state index < -0.39 is 0 Å². The number of benzene rings is 2. The van der Waals surface area contributed by atoms with Gasteiger partial charge in [-0.25, -0.2) is 0 Å². The lowest BCUT2D eigenvalue weighted by Gasteiger charge is -2.39. The number of hydrogen-bond donors (Lipinski definition) is 1. The first-order valence-corrected chi connectivity index (χ1v) is 8.08. The lowest BCUT2D eigenvalue weighted by molar-refractivity contribution is 0.270. The van der Waals surface area contributed by atoms with Crippen LogP contribution >= 0.6 is 11.6 Å². The van der Waals surface area contributed by atoms with Gasteiger partial charge in [-0.15, -0.1) is 0 Å². The Balaban J connectivity index is 1.55. The van der Waals surface area contributed by atoms with Crippen LogP contribution in [0.3, 0.4) is 0 Å². The molecule has 0 heterocycles. The van der Waals surface area contributed by atoms with E-state index in [4.69, 9.17) is 11.6 Å². The molecule has 0 bridgehead atoms. The summed E-state index contributed by atoms with van der Waals surface area (Å²) in [5.41, 5.74) is 4.25. The average Bonchev–Trinajstić information content (AvgIpc) is 2.44. The lowest BCUT2D eigenvalue weighted by Crippen LogP contribution is -2.41. The van der Waals surface area contributed by atoms with E-state index in [2.05, 4.69) is 55.6 Å². The van der Waals surface area contributed by atoms with E-state index in [0.717, 1.165) is 10.9 Å². The topological polar surface area (TPSA) is 12.0 Å². The van der Waals surface area contributed by atoms with Crippen LogP contribution < -0.4 is 5.32 Å². The van der Waals surface area contributed by atoms with Crippen molar-refractivity contribution in [3.63, 3.8) is 0 Å². The summed E-state index contributed by atoms with van der Waals surface area (Å²) in [5.74, 6) is 0.723. The first-order valence-electron chi connectivity index (χ1n) is 7.70. The number of halogens is 1. The minimum absolute atomic E-state index is 0.380. The second-order valence-electron chi connectivity index (χ2n) is 6.16. The number of nitrogens with one attached hydrogen (secondary N) is 1. The molecule has 0 spiro atoms. The van der Waals surface area contributed by atoms with Gasteiger partial charge in [0, 0.05) is 17.1 Å². The van der Waals surface area contributed by atoms with Crippen LogP contribution in [0.25, 0.3) is 0 Å². The second-order valence-corrected chi connectivity index (χ2v) is 6.60. The van der Waals surface area contributed by atoms with E-state index in [1.807, 2.05) is 12.1 Å². The van der Waals surface area contributed by atoms with Crippen LogP contribution in [0.15, 0.2) is 48.5 Å². The van der Waals surface area contributed by atoms with Crippen molar-refractivity contribution in [3.05, 3.63) is 70.2 Å². The molecule has 1 fully saturated rings. The van der Waals surface area contributed by atoms with E-state index in [9.17, 15) is 0 Å². The number of aryl methyl sites for hydroxylation is 1. The number of rotatable bonds is 4. The Morgan fingerprint density at radius 1 is 1.05 bits per heavy atom. The SMILES string of the molecule is Cc1ccccc1C1CC(NC(C)c2ccc(Cl)cc2)C1. The highest BCUT2D eigenvalue weighted by molar-refractivity contribution is 6.30. The van der Waals surface area contributed by atoms with E-state index in [1.54, 1.807) is 0 Å². The van der Waals surface area contributed by atoms with Crippen LogP contribution in [0.5, 0.6) is 0 Å². The number of hydrogen-bond acceptors (Lipinski definition) is 1. The molecule has 0 aromatic heterocycles. The molecule has 1 aliphatic carbocycles. The molecule has 110 valence electrons. The summed E-state index contributed by atoms with van der Waals surface area (Å²) in [6, 6.07) is 17.9. The van der Waals surface area contributed by atoms with Crippen molar-refractivity contribution in [2.24, 2.45) is 0 Å². The molecule has 1 N–H and O–H groups in total. The van der Waals surface area contributed by atoms with Crippen molar-refractivity contribution in [1.82, 2.24) is 5.32 Å². The van der Waals surface area contributed by atoms with E-state index in [0.29, 0.717) is 12.1 Å². The van der Waals surface area contributed by atoms with Crippen LogP contribution in [-0.2, 0) is 0 Å². The van der Waals surface area contributed by atoms with E-state index in [1.165, 1.54) is 29.5 Å². The first kappa shape index (κ1) is 14.6. The van der Waals surface area contributed by atoms with Gasteiger partial charge in [0.25, 0.3) is 0 Å². The predicted octanol–water partition coefficient (Wildman–Crippen LogP) is 5.25. The van der Waals surface area contributed by atoms with Crippen molar-refractivity contribution in [2.75, 3.05) is 0 Å². The lowest BCUT2D eigenvalue weighted by atomic mass is 9.74. The Labute approximate surface area is 132 Å². The summed E-state index contributed by atoms with van der Waals surface area (Å²) in [6.45, 7) is 4.44. The third kappa shape index (κ3) is 3.30. The highest BCUT2D eigenvalue weighted by atomic mass is 35.5. The molecule has 0 saturated heterocycles. The standard InChI is InChI=1S/C19H22ClN/c1-13-5-3-4-6-19(13)16-11-18(12-16)21-14(2)15-7-9-17(20)10-8-15/h3-10,14,16,18,21H,11-12H2,1-2H3. The summed E-state index contributed by atoms with van der Waals surface area (Å²) in [7, 11) is 0. The molecule has 1 aliphatic rings. The summed E-state index contributed by atoms with van der Waals surface area (Å²) in [4.78, 5) is 0. The third-order valence-corrected chi connectivity index (χ3v) is 4.87. The van der Waals surface area contributed by atoms with Crippen LogP contribution in [0.1, 0.15) is 48.4 Å². The molecule has 1 atom stereocenters. The maximum absolute atomic E-state index is 5.94. The molecule has 1 saturated carbocycles. The van der Waals surface area contributed by atoms with Crippen molar-refractivity contribution < 1.29 is 0 Å². The van der Waals surface area contributed by atoms with Gasteiger partial charge in [0.2, 0.25) is 0 Å². The monoisotopic (exact) mass is 299 g/mol. The van der Waals surface area contributed by atoms with Gasteiger partial charge >= 0.3 is 0 Å². The molecule has 1 unspecified atom stereocenters. The fourth-order valence-corrected chi connectivity index (χ4v) is 3.38. The summed E-state index contributed by atoms with van der Waals surface area (Å²) < 4.78 is 0. The molecular formula is C19H22ClN. The maximum Gasteiger partial charge on any atom is 0.0406 e. The Morgan fingerprint density at radius 3 is 2.38 bits per heavy atom. The second kappa shape index (κ2) is 6.21. The molecule has 2 aromatic rings. The third-order valence-electron chi connectivity index (χ3n) is 4.62. The summed E-state index contributed by atoms with van der Waals surface area (Å²) in [5, 5.41) is 4.53. The van der Waals surface area contributed by atoms with Crippen molar-refractivity contribution >= 4 is 11.6 Å². The highest BCUT2D eigenvalue weighted by Gasteiger charge is 2.31. The Morgan fingerprint density at radius 2 is 1.71 bits per heavy atom. The minimum Gasteiger partial charge on any atom is -0.307 e. The Hall–Kier alpha value is -1.31. The highest BCUT2D eigenvalue weighted by Crippen LogP contribution is 2.39. The van der Waals surface area contributed by atoms with Crippen molar-refractivity contribution in [2.45, 2.75) is 44.7 Å². The van der Waals surface area contributed by atoms with Gasteiger partial charge in [-0.2, -0.15) is 0 Å². The van der Waals surface area contributed by atoms with E-state index >= 15 is 0 Å². The van der Waals surface area contributed by atoms with Gasteiger partial charge in [-0.05, 0) is 61.4 Å². The fraction of sp³-hybridized carbons (Fsp3) is 0.368. The average molecular weight is 300 g/mol. The van der Waals surface area contributed by atoms with Crippen LogP contribution in [-0.4, -0.2) is 6.04 Å². The van der Waals surface area contributed by atoms with Gasteiger partial charge in [0.05, 0.1) is 0 Å². The van der Waals surface area contributed by atoms with E-state index in [-0.39, 0.29) is 0 Å². The molecule has 1 nitrogen and oxygen atoms in total. The van der Waals surface area contributed by atoms with Crippen molar-refractivity contribution in [1.29, 1.82) is 0 Å². The normalized spacial score (nSPS) is 22.6.